The third kappa shape index (κ3) is 1.25. The number of benzene rings is 1. The molecule has 0 atom stereocenters. The van der Waals surface area contributed by atoms with Gasteiger partial charge in [-0.15, -0.1) is 0 Å². The first-order chi connectivity index (χ1) is 7.04. The van der Waals surface area contributed by atoms with E-state index in [1.54, 1.807) is 19.9 Å². The SMILES string of the molecule is CC(C)N1C(=O)C(=O)c2c(F)cccc21. The van der Waals surface area contributed by atoms with Crippen molar-refractivity contribution in [2.24, 2.45) is 0 Å². The van der Waals surface area contributed by atoms with Crippen LogP contribution in [0.15, 0.2) is 18.2 Å². The maximum atomic E-state index is 13.4. The summed E-state index contributed by atoms with van der Waals surface area (Å²) in [6, 6.07) is 4.12. The van der Waals surface area contributed by atoms with Gasteiger partial charge in [-0.1, -0.05) is 6.07 Å². The Labute approximate surface area is 86.5 Å². The fourth-order valence-electron chi connectivity index (χ4n) is 1.78. The van der Waals surface area contributed by atoms with Crippen molar-refractivity contribution in [3.63, 3.8) is 0 Å². The maximum absolute atomic E-state index is 13.4. The summed E-state index contributed by atoms with van der Waals surface area (Å²) in [4.78, 5) is 24.4. The monoisotopic (exact) mass is 207 g/mol. The number of halogens is 1. The van der Waals surface area contributed by atoms with Gasteiger partial charge in [0.1, 0.15) is 5.82 Å². The zero-order valence-corrected chi connectivity index (χ0v) is 8.45. The van der Waals surface area contributed by atoms with Crippen molar-refractivity contribution in [1.29, 1.82) is 0 Å². The van der Waals surface area contributed by atoms with Gasteiger partial charge in [0, 0.05) is 6.04 Å². The number of hydrogen-bond donors (Lipinski definition) is 0. The molecule has 1 heterocycles. The number of carbonyl (C=O) groups is 2. The largest absolute Gasteiger partial charge is 0.302 e. The highest BCUT2D eigenvalue weighted by Gasteiger charge is 2.39. The van der Waals surface area contributed by atoms with Crippen LogP contribution in [-0.4, -0.2) is 17.7 Å². The molecule has 0 radical (unpaired) electrons. The molecule has 1 aromatic carbocycles. The minimum absolute atomic E-state index is 0.101. The number of amides is 1. The molecule has 1 aliphatic rings. The molecule has 0 unspecified atom stereocenters. The van der Waals surface area contributed by atoms with Crippen molar-refractivity contribution in [2.45, 2.75) is 19.9 Å². The summed E-state index contributed by atoms with van der Waals surface area (Å²) in [6.45, 7) is 3.57. The highest BCUT2D eigenvalue weighted by molar-refractivity contribution is 6.52. The highest BCUT2D eigenvalue weighted by atomic mass is 19.1. The van der Waals surface area contributed by atoms with E-state index in [1.807, 2.05) is 0 Å². The summed E-state index contributed by atoms with van der Waals surface area (Å²) in [5.74, 6) is -2.03. The molecule has 2 rings (SSSR count). The molecule has 15 heavy (non-hydrogen) atoms. The van der Waals surface area contributed by atoms with Crippen LogP contribution < -0.4 is 4.90 Å². The van der Waals surface area contributed by atoms with Gasteiger partial charge in [-0.3, -0.25) is 9.59 Å². The van der Waals surface area contributed by atoms with Crippen LogP contribution in [0.1, 0.15) is 24.2 Å². The molecule has 0 N–H and O–H groups in total. The number of rotatable bonds is 1. The predicted octanol–water partition coefficient (Wildman–Crippen LogP) is 1.76. The lowest BCUT2D eigenvalue weighted by atomic mass is 10.1. The van der Waals surface area contributed by atoms with E-state index in [4.69, 9.17) is 0 Å². The van der Waals surface area contributed by atoms with E-state index in [9.17, 15) is 14.0 Å². The molecule has 0 bridgehead atoms. The lowest BCUT2D eigenvalue weighted by Crippen LogP contribution is -2.35. The minimum atomic E-state index is -0.753. The normalized spacial score (nSPS) is 15.1. The highest BCUT2D eigenvalue weighted by Crippen LogP contribution is 2.31. The average Bonchev–Trinajstić information content (AvgIpc) is 2.41. The molecule has 4 heteroatoms. The van der Waals surface area contributed by atoms with E-state index < -0.39 is 17.5 Å². The third-order valence-electron chi connectivity index (χ3n) is 2.41. The molecule has 0 saturated carbocycles. The summed E-state index contributed by atoms with van der Waals surface area (Å²) in [6.07, 6.45) is 0. The Hall–Kier alpha value is -1.71. The van der Waals surface area contributed by atoms with E-state index in [0.29, 0.717) is 5.69 Å². The van der Waals surface area contributed by atoms with Gasteiger partial charge in [-0.25, -0.2) is 4.39 Å². The van der Waals surface area contributed by atoms with Crippen LogP contribution in [-0.2, 0) is 4.79 Å². The topological polar surface area (TPSA) is 37.4 Å². The number of carbonyl (C=O) groups excluding carboxylic acids is 2. The van der Waals surface area contributed by atoms with E-state index >= 15 is 0 Å². The number of ketones is 1. The quantitative estimate of drug-likeness (QED) is 0.658. The Morgan fingerprint density at radius 1 is 1.27 bits per heavy atom. The number of nitrogens with zero attached hydrogens (tertiary/aromatic N) is 1. The Balaban J connectivity index is 2.66. The van der Waals surface area contributed by atoms with Crippen molar-refractivity contribution < 1.29 is 14.0 Å². The Morgan fingerprint density at radius 2 is 1.93 bits per heavy atom. The van der Waals surface area contributed by atoms with Crippen LogP contribution in [0.2, 0.25) is 0 Å². The van der Waals surface area contributed by atoms with Crippen molar-refractivity contribution in [1.82, 2.24) is 0 Å². The zero-order chi connectivity index (χ0) is 11.2. The van der Waals surface area contributed by atoms with E-state index in [1.165, 1.54) is 17.0 Å². The first kappa shape index (κ1) is 9.83. The predicted molar refractivity (Wildman–Crippen MR) is 53.4 cm³/mol. The third-order valence-corrected chi connectivity index (χ3v) is 2.41. The van der Waals surface area contributed by atoms with E-state index in [2.05, 4.69) is 0 Å². The molecule has 1 amide bonds. The van der Waals surface area contributed by atoms with Gasteiger partial charge in [0.2, 0.25) is 0 Å². The number of hydrogen-bond acceptors (Lipinski definition) is 2. The first-order valence-electron chi connectivity index (χ1n) is 4.70. The first-order valence-corrected chi connectivity index (χ1v) is 4.70. The molecule has 3 nitrogen and oxygen atoms in total. The van der Waals surface area contributed by atoms with Gasteiger partial charge in [-0.2, -0.15) is 0 Å². The molecule has 0 fully saturated rings. The van der Waals surface area contributed by atoms with Crippen LogP contribution in [0.25, 0.3) is 0 Å². The summed E-state index contributed by atoms with van der Waals surface area (Å²) >= 11 is 0. The zero-order valence-electron chi connectivity index (χ0n) is 8.45. The van der Waals surface area contributed by atoms with Crippen molar-refractivity contribution in [2.75, 3.05) is 4.90 Å². The van der Waals surface area contributed by atoms with Crippen molar-refractivity contribution in [3.05, 3.63) is 29.6 Å². The Bertz CT molecular complexity index is 454. The summed E-state index contributed by atoms with van der Waals surface area (Å²) in [5, 5.41) is 0. The Kier molecular flexibility index (Phi) is 2.07. The fourth-order valence-corrected chi connectivity index (χ4v) is 1.78. The molecule has 0 spiro atoms. The second kappa shape index (κ2) is 3.15. The molecule has 0 aromatic heterocycles. The lowest BCUT2D eigenvalue weighted by molar-refractivity contribution is -0.114. The van der Waals surface area contributed by atoms with Gasteiger partial charge in [0.25, 0.3) is 11.7 Å². The van der Waals surface area contributed by atoms with E-state index in [-0.39, 0.29) is 11.6 Å². The van der Waals surface area contributed by atoms with Crippen molar-refractivity contribution in [3.8, 4) is 0 Å². The lowest BCUT2D eigenvalue weighted by Gasteiger charge is -2.20. The molecular formula is C11H10FNO2. The van der Waals surface area contributed by atoms with Crippen LogP contribution in [0.5, 0.6) is 0 Å². The van der Waals surface area contributed by atoms with Gasteiger partial charge in [-0.05, 0) is 26.0 Å². The molecule has 1 aliphatic heterocycles. The molecule has 0 saturated heterocycles. The van der Waals surface area contributed by atoms with Crippen LogP contribution >= 0.6 is 0 Å². The van der Waals surface area contributed by atoms with Crippen LogP contribution in [0, 0.1) is 5.82 Å². The molecule has 1 aromatic rings. The summed E-state index contributed by atoms with van der Waals surface area (Å²) in [7, 11) is 0. The van der Waals surface area contributed by atoms with Crippen LogP contribution in [0.4, 0.5) is 10.1 Å². The van der Waals surface area contributed by atoms with Gasteiger partial charge < -0.3 is 4.90 Å². The maximum Gasteiger partial charge on any atom is 0.299 e. The summed E-state index contributed by atoms with van der Waals surface area (Å²) < 4.78 is 13.4. The summed E-state index contributed by atoms with van der Waals surface area (Å²) in [5.41, 5.74) is 0.274. The molecule has 0 aliphatic carbocycles. The van der Waals surface area contributed by atoms with E-state index in [0.717, 1.165) is 0 Å². The molecular weight excluding hydrogens is 197 g/mol. The smallest absolute Gasteiger partial charge is 0.299 e. The van der Waals surface area contributed by atoms with Crippen LogP contribution in [0.3, 0.4) is 0 Å². The van der Waals surface area contributed by atoms with Gasteiger partial charge in [0.05, 0.1) is 11.3 Å². The number of anilines is 1. The standard InChI is InChI=1S/C11H10FNO2/c1-6(2)13-8-5-3-4-7(12)9(8)10(14)11(13)15/h3-6H,1-2H3. The Morgan fingerprint density at radius 3 is 2.53 bits per heavy atom. The second-order valence-electron chi connectivity index (χ2n) is 3.73. The number of Topliss-reactive ketones (excluding diaryl/α,β-unsaturated/α-hetero) is 1. The van der Waals surface area contributed by atoms with Gasteiger partial charge in [0.15, 0.2) is 0 Å². The minimum Gasteiger partial charge on any atom is -0.302 e. The molecule has 78 valence electrons. The second-order valence-corrected chi connectivity index (χ2v) is 3.73. The average molecular weight is 207 g/mol. The fraction of sp³-hybridized carbons (Fsp3) is 0.273. The van der Waals surface area contributed by atoms with Gasteiger partial charge >= 0.3 is 0 Å². The van der Waals surface area contributed by atoms with Crippen molar-refractivity contribution >= 4 is 17.4 Å². The number of fused-ring (bicyclic) bond motifs is 1.